The van der Waals surface area contributed by atoms with E-state index in [2.05, 4.69) is 15.3 Å². The van der Waals surface area contributed by atoms with Gasteiger partial charge >= 0.3 is 0 Å². The highest BCUT2D eigenvalue weighted by Gasteiger charge is 2.14. The molecular weight excluding hydrogens is 306 g/mol. The molecule has 0 aliphatic carbocycles. The first-order valence-corrected chi connectivity index (χ1v) is 8.14. The number of hydrogen-bond donors (Lipinski definition) is 1. The van der Waals surface area contributed by atoms with E-state index in [9.17, 15) is 4.79 Å². The Balaban J connectivity index is 1.85. The summed E-state index contributed by atoms with van der Waals surface area (Å²) in [6.45, 7) is 5.84. The number of aromatic nitrogens is 2. The largest absolute Gasteiger partial charge is 0.296 e. The first kappa shape index (κ1) is 15.4. The molecule has 1 amide bonds. The monoisotopic (exact) mass is 323 g/mol. The standard InChI is InChI=1S/C18H17N3OS/c1-11-9-12(2)19-15(10-11)17(22)21-18-20-16(13(3)23-18)14-7-5-4-6-8-14/h4-10H,1-3H3,(H,20,21,22). The number of aryl methyl sites for hydroxylation is 3. The Morgan fingerprint density at radius 1 is 1.04 bits per heavy atom. The maximum absolute atomic E-state index is 12.4. The molecule has 1 N–H and O–H groups in total. The van der Waals surface area contributed by atoms with E-state index in [1.54, 1.807) is 6.07 Å². The summed E-state index contributed by atoms with van der Waals surface area (Å²) in [7, 11) is 0. The lowest BCUT2D eigenvalue weighted by Gasteiger charge is -2.03. The van der Waals surface area contributed by atoms with Crippen LogP contribution >= 0.6 is 11.3 Å². The van der Waals surface area contributed by atoms with Gasteiger partial charge in [0.25, 0.3) is 5.91 Å². The second kappa shape index (κ2) is 6.30. The predicted molar refractivity (Wildman–Crippen MR) is 94.0 cm³/mol. The Morgan fingerprint density at radius 3 is 2.48 bits per heavy atom. The van der Waals surface area contributed by atoms with Crippen LogP contribution in [0.15, 0.2) is 42.5 Å². The highest BCUT2D eigenvalue weighted by molar-refractivity contribution is 7.16. The highest BCUT2D eigenvalue weighted by atomic mass is 32.1. The minimum Gasteiger partial charge on any atom is -0.296 e. The Hall–Kier alpha value is -2.53. The van der Waals surface area contributed by atoms with Crippen molar-refractivity contribution in [2.24, 2.45) is 0 Å². The van der Waals surface area contributed by atoms with Crippen LogP contribution in [0.3, 0.4) is 0 Å². The maximum Gasteiger partial charge on any atom is 0.276 e. The molecule has 0 atom stereocenters. The summed E-state index contributed by atoms with van der Waals surface area (Å²) in [5, 5.41) is 3.44. The van der Waals surface area contributed by atoms with Crippen LogP contribution in [-0.2, 0) is 0 Å². The third kappa shape index (κ3) is 3.46. The van der Waals surface area contributed by atoms with Crippen molar-refractivity contribution in [1.82, 2.24) is 9.97 Å². The number of carbonyl (C=O) groups is 1. The molecule has 116 valence electrons. The fourth-order valence-corrected chi connectivity index (χ4v) is 3.26. The molecule has 1 aromatic carbocycles. The summed E-state index contributed by atoms with van der Waals surface area (Å²) in [5.74, 6) is -0.231. The van der Waals surface area contributed by atoms with E-state index in [-0.39, 0.29) is 5.91 Å². The fraction of sp³-hybridized carbons (Fsp3) is 0.167. The van der Waals surface area contributed by atoms with Gasteiger partial charge in [-0.3, -0.25) is 10.1 Å². The van der Waals surface area contributed by atoms with Crippen molar-refractivity contribution >= 4 is 22.4 Å². The number of thiazole rings is 1. The van der Waals surface area contributed by atoms with Crippen LogP contribution in [0.2, 0.25) is 0 Å². The molecule has 0 bridgehead atoms. The quantitative estimate of drug-likeness (QED) is 0.778. The smallest absolute Gasteiger partial charge is 0.276 e. The summed E-state index contributed by atoms with van der Waals surface area (Å²) >= 11 is 1.47. The lowest BCUT2D eigenvalue weighted by molar-refractivity contribution is 0.102. The topological polar surface area (TPSA) is 54.9 Å². The third-order valence-corrected chi connectivity index (χ3v) is 4.28. The average molecular weight is 323 g/mol. The molecule has 0 saturated carbocycles. The van der Waals surface area contributed by atoms with Gasteiger partial charge in [0, 0.05) is 16.1 Å². The van der Waals surface area contributed by atoms with Gasteiger partial charge in [0.15, 0.2) is 5.13 Å². The van der Waals surface area contributed by atoms with Crippen molar-refractivity contribution in [3.63, 3.8) is 0 Å². The van der Waals surface area contributed by atoms with Crippen LogP contribution in [0.4, 0.5) is 5.13 Å². The van der Waals surface area contributed by atoms with Crippen molar-refractivity contribution in [3.8, 4) is 11.3 Å². The van der Waals surface area contributed by atoms with E-state index in [1.165, 1.54) is 11.3 Å². The Kier molecular flexibility index (Phi) is 4.21. The number of carbonyl (C=O) groups excluding carboxylic acids is 1. The van der Waals surface area contributed by atoms with Gasteiger partial charge in [-0.25, -0.2) is 9.97 Å². The summed E-state index contributed by atoms with van der Waals surface area (Å²) in [6, 6.07) is 13.7. The average Bonchev–Trinajstić information content (AvgIpc) is 2.87. The molecule has 0 spiro atoms. The molecule has 0 fully saturated rings. The third-order valence-electron chi connectivity index (χ3n) is 3.39. The number of pyridine rings is 1. The number of rotatable bonds is 3. The van der Waals surface area contributed by atoms with Crippen molar-refractivity contribution in [2.75, 3.05) is 5.32 Å². The van der Waals surface area contributed by atoms with Crippen molar-refractivity contribution in [3.05, 3.63) is 64.3 Å². The SMILES string of the molecule is Cc1cc(C)nc(C(=O)Nc2nc(-c3ccccc3)c(C)s2)c1. The first-order valence-electron chi connectivity index (χ1n) is 7.32. The number of anilines is 1. The fourth-order valence-electron chi connectivity index (χ4n) is 2.43. The van der Waals surface area contributed by atoms with E-state index in [0.29, 0.717) is 10.8 Å². The van der Waals surface area contributed by atoms with Crippen LogP contribution in [0, 0.1) is 20.8 Å². The van der Waals surface area contributed by atoms with Crippen molar-refractivity contribution in [2.45, 2.75) is 20.8 Å². The Morgan fingerprint density at radius 2 is 1.78 bits per heavy atom. The highest BCUT2D eigenvalue weighted by Crippen LogP contribution is 2.30. The number of nitrogens with zero attached hydrogens (tertiary/aromatic N) is 2. The van der Waals surface area contributed by atoms with E-state index in [1.807, 2.05) is 57.2 Å². The summed E-state index contributed by atoms with van der Waals surface area (Å²) in [6.07, 6.45) is 0. The van der Waals surface area contributed by atoms with Gasteiger partial charge in [-0.2, -0.15) is 0 Å². The van der Waals surface area contributed by atoms with Gasteiger partial charge in [-0.15, -0.1) is 11.3 Å². The van der Waals surface area contributed by atoms with Gasteiger partial charge in [0.05, 0.1) is 5.69 Å². The lowest BCUT2D eigenvalue weighted by Crippen LogP contribution is -2.14. The summed E-state index contributed by atoms with van der Waals surface area (Å²) in [4.78, 5) is 22.3. The minimum atomic E-state index is -0.231. The zero-order valence-corrected chi connectivity index (χ0v) is 14.1. The maximum atomic E-state index is 12.4. The molecule has 0 aliphatic heterocycles. The van der Waals surface area contributed by atoms with Gasteiger partial charge in [-0.05, 0) is 38.5 Å². The zero-order valence-electron chi connectivity index (χ0n) is 13.3. The molecule has 0 saturated heterocycles. The van der Waals surface area contributed by atoms with Gasteiger partial charge in [0.1, 0.15) is 5.69 Å². The number of nitrogens with one attached hydrogen (secondary N) is 1. The molecule has 5 heteroatoms. The minimum absolute atomic E-state index is 0.231. The van der Waals surface area contributed by atoms with Crippen LogP contribution in [0.5, 0.6) is 0 Å². The first-order chi connectivity index (χ1) is 11.0. The number of benzene rings is 1. The summed E-state index contributed by atoms with van der Waals surface area (Å²) in [5.41, 5.74) is 4.21. The predicted octanol–water partition coefficient (Wildman–Crippen LogP) is 4.38. The van der Waals surface area contributed by atoms with E-state index in [0.717, 1.165) is 27.4 Å². The zero-order chi connectivity index (χ0) is 16.4. The van der Waals surface area contributed by atoms with Gasteiger partial charge in [-0.1, -0.05) is 30.3 Å². The molecule has 0 aliphatic rings. The number of hydrogen-bond acceptors (Lipinski definition) is 4. The molecule has 3 aromatic rings. The normalized spacial score (nSPS) is 10.6. The van der Waals surface area contributed by atoms with Crippen LogP contribution in [0.1, 0.15) is 26.6 Å². The van der Waals surface area contributed by atoms with Crippen LogP contribution < -0.4 is 5.32 Å². The van der Waals surface area contributed by atoms with Gasteiger partial charge in [0.2, 0.25) is 0 Å². The van der Waals surface area contributed by atoms with E-state index in [4.69, 9.17) is 0 Å². The van der Waals surface area contributed by atoms with E-state index >= 15 is 0 Å². The molecule has 0 radical (unpaired) electrons. The molecular formula is C18H17N3OS. The molecule has 3 rings (SSSR count). The lowest BCUT2D eigenvalue weighted by atomic mass is 10.1. The molecule has 2 heterocycles. The van der Waals surface area contributed by atoms with E-state index < -0.39 is 0 Å². The Labute approximate surface area is 139 Å². The second-order valence-corrected chi connectivity index (χ2v) is 6.62. The van der Waals surface area contributed by atoms with Crippen LogP contribution in [-0.4, -0.2) is 15.9 Å². The molecule has 2 aromatic heterocycles. The summed E-state index contributed by atoms with van der Waals surface area (Å²) < 4.78 is 0. The molecule has 23 heavy (non-hydrogen) atoms. The van der Waals surface area contributed by atoms with Crippen LogP contribution in [0.25, 0.3) is 11.3 Å². The van der Waals surface area contributed by atoms with Crippen molar-refractivity contribution < 1.29 is 4.79 Å². The molecule has 0 unspecified atom stereocenters. The molecule has 4 nitrogen and oxygen atoms in total. The van der Waals surface area contributed by atoms with Crippen molar-refractivity contribution in [1.29, 1.82) is 0 Å². The number of amides is 1. The Bertz CT molecular complexity index is 836. The second-order valence-electron chi connectivity index (χ2n) is 5.42. The van der Waals surface area contributed by atoms with Gasteiger partial charge < -0.3 is 0 Å².